The number of alkyl halides is 2. The van der Waals surface area contributed by atoms with E-state index in [2.05, 4.69) is 11.8 Å². The van der Waals surface area contributed by atoms with E-state index in [1.807, 2.05) is 0 Å². The van der Waals surface area contributed by atoms with Gasteiger partial charge < -0.3 is 5.11 Å². The van der Waals surface area contributed by atoms with Gasteiger partial charge in [0.15, 0.2) is 0 Å². The van der Waals surface area contributed by atoms with Crippen molar-refractivity contribution in [2.45, 2.75) is 17.7 Å². The lowest BCUT2D eigenvalue weighted by Crippen LogP contribution is -2.28. The molecule has 0 heterocycles. The molecule has 0 aliphatic rings. The first kappa shape index (κ1) is 16.5. The molecule has 0 saturated carbocycles. The summed E-state index contributed by atoms with van der Waals surface area (Å²) in [5.74, 6) is 4.03. The first-order valence-electron chi connectivity index (χ1n) is 5.54. The van der Waals surface area contributed by atoms with Crippen molar-refractivity contribution in [3.63, 3.8) is 0 Å². The van der Waals surface area contributed by atoms with Crippen LogP contribution < -0.4 is 4.72 Å². The zero-order valence-electron chi connectivity index (χ0n) is 10.2. The van der Waals surface area contributed by atoms with Crippen molar-refractivity contribution in [2.75, 3.05) is 13.2 Å². The van der Waals surface area contributed by atoms with Gasteiger partial charge in [-0.25, -0.2) is 26.3 Å². The van der Waals surface area contributed by atoms with Gasteiger partial charge in [0, 0.05) is 6.42 Å². The molecule has 0 spiro atoms. The van der Waals surface area contributed by atoms with Crippen molar-refractivity contribution in [1.29, 1.82) is 0 Å². The van der Waals surface area contributed by atoms with Crippen LogP contribution in [0.15, 0.2) is 23.1 Å². The molecule has 0 aliphatic heterocycles. The molecule has 0 unspecified atom stereocenters. The minimum absolute atomic E-state index is 0.0359. The largest absolute Gasteiger partial charge is 0.395 e. The molecule has 4 nitrogen and oxygen atoms in total. The zero-order chi connectivity index (χ0) is 15.2. The SMILES string of the molecule is O=S(=O)(NCC(F)F)c1ccc(C#CCCO)c(F)c1. The van der Waals surface area contributed by atoms with Gasteiger partial charge in [-0.05, 0) is 18.2 Å². The van der Waals surface area contributed by atoms with Gasteiger partial charge in [0.25, 0.3) is 6.43 Å². The average Bonchev–Trinajstić information content (AvgIpc) is 2.38. The van der Waals surface area contributed by atoms with Crippen molar-refractivity contribution < 1.29 is 26.7 Å². The van der Waals surface area contributed by atoms with E-state index in [1.165, 1.54) is 0 Å². The van der Waals surface area contributed by atoms with Gasteiger partial charge in [0.1, 0.15) is 5.82 Å². The molecule has 1 aromatic rings. The number of sulfonamides is 1. The van der Waals surface area contributed by atoms with Gasteiger partial charge in [-0.15, -0.1) is 0 Å². The van der Waals surface area contributed by atoms with Crippen LogP contribution in [0.5, 0.6) is 0 Å². The summed E-state index contributed by atoms with van der Waals surface area (Å²) in [6.45, 7) is -1.21. The number of nitrogens with one attached hydrogen (secondary N) is 1. The quantitative estimate of drug-likeness (QED) is 0.801. The Kier molecular flexibility index (Phi) is 6.01. The number of aliphatic hydroxyl groups excluding tert-OH is 1. The highest BCUT2D eigenvalue weighted by Crippen LogP contribution is 2.14. The average molecular weight is 307 g/mol. The molecule has 0 saturated heterocycles. The number of hydrogen-bond acceptors (Lipinski definition) is 3. The summed E-state index contributed by atoms with van der Waals surface area (Å²) in [4.78, 5) is -0.455. The summed E-state index contributed by atoms with van der Waals surface area (Å²) in [5.41, 5.74) is -0.0359. The van der Waals surface area contributed by atoms with Crippen LogP contribution in [0.25, 0.3) is 0 Å². The maximum Gasteiger partial charge on any atom is 0.251 e. The van der Waals surface area contributed by atoms with Crippen LogP contribution in [0.2, 0.25) is 0 Å². The Labute approximate surface area is 114 Å². The third-order valence-electron chi connectivity index (χ3n) is 2.14. The summed E-state index contributed by atoms with van der Waals surface area (Å²) >= 11 is 0. The molecule has 8 heteroatoms. The molecule has 0 radical (unpaired) electrons. The van der Waals surface area contributed by atoms with Crippen molar-refractivity contribution >= 4 is 10.0 Å². The van der Waals surface area contributed by atoms with E-state index in [9.17, 15) is 21.6 Å². The maximum atomic E-state index is 13.6. The summed E-state index contributed by atoms with van der Waals surface area (Å²) in [5, 5.41) is 8.52. The molecule has 1 aromatic carbocycles. The summed E-state index contributed by atoms with van der Waals surface area (Å²) < 4.78 is 62.3. The Morgan fingerprint density at radius 3 is 2.60 bits per heavy atom. The van der Waals surface area contributed by atoms with E-state index in [1.54, 1.807) is 4.72 Å². The molecule has 0 aromatic heterocycles. The van der Waals surface area contributed by atoms with Gasteiger partial charge in [-0.1, -0.05) is 11.8 Å². The molecule has 0 amide bonds. The lowest BCUT2D eigenvalue weighted by molar-refractivity contribution is 0.153. The van der Waals surface area contributed by atoms with Crippen LogP contribution in [0, 0.1) is 17.7 Å². The normalized spacial score (nSPS) is 11.2. The molecule has 0 fully saturated rings. The van der Waals surface area contributed by atoms with E-state index >= 15 is 0 Å². The van der Waals surface area contributed by atoms with Crippen molar-refractivity contribution in [3.05, 3.63) is 29.6 Å². The zero-order valence-corrected chi connectivity index (χ0v) is 11.1. The minimum atomic E-state index is -4.18. The second kappa shape index (κ2) is 7.28. The van der Waals surface area contributed by atoms with Crippen molar-refractivity contribution in [2.24, 2.45) is 0 Å². The summed E-state index contributed by atoms with van der Waals surface area (Å²) in [6, 6.07) is 2.91. The number of hydrogen-bond donors (Lipinski definition) is 2. The number of halogens is 3. The van der Waals surface area contributed by atoms with Crippen LogP contribution in [-0.4, -0.2) is 33.1 Å². The van der Waals surface area contributed by atoms with E-state index in [4.69, 9.17) is 5.11 Å². The van der Waals surface area contributed by atoms with E-state index < -0.39 is 33.7 Å². The van der Waals surface area contributed by atoms with Crippen LogP contribution in [0.3, 0.4) is 0 Å². The summed E-state index contributed by atoms with van der Waals surface area (Å²) in [6.07, 6.45) is -2.67. The predicted octanol–water partition coefficient (Wildman–Crippen LogP) is 1.10. The monoisotopic (exact) mass is 307 g/mol. The molecule has 0 bridgehead atoms. The first-order valence-corrected chi connectivity index (χ1v) is 7.02. The van der Waals surface area contributed by atoms with Crippen LogP contribution in [0.1, 0.15) is 12.0 Å². The number of rotatable bonds is 5. The molecular formula is C12H12F3NO3S. The van der Waals surface area contributed by atoms with E-state index in [0.29, 0.717) is 6.07 Å². The van der Waals surface area contributed by atoms with Gasteiger partial charge in [0.05, 0.1) is 23.6 Å². The predicted molar refractivity (Wildman–Crippen MR) is 66.2 cm³/mol. The summed E-state index contributed by atoms with van der Waals surface area (Å²) in [7, 11) is -4.18. The van der Waals surface area contributed by atoms with Gasteiger partial charge in [0.2, 0.25) is 10.0 Å². The molecular weight excluding hydrogens is 295 g/mol. The highest BCUT2D eigenvalue weighted by Gasteiger charge is 2.17. The third kappa shape index (κ3) is 4.85. The minimum Gasteiger partial charge on any atom is -0.395 e. The van der Waals surface area contributed by atoms with E-state index in [0.717, 1.165) is 12.1 Å². The molecule has 0 atom stereocenters. The van der Waals surface area contributed by atoms with Crippen molar-refractivity contribution in [3.8, 4) is 11.8 Å². The molecule has 0 aliphatic carbocycles. The Hall–Kier alpha value is -1.56. The Morgan fingerprint density at radius 1 is 1.35 bits per heavy atom. The fourth-order valence-electron chi connectivity index (χ4n) is 1.23. The maximum absolute atomic E-state index is 13.6. The third-order valence-corrected chi connectivity index (χ3v) is 3.56. The van der Waals surface area contributed by atoms with Crippen LogP contribution in [0.4, 0.5) is 13.2 Å². The van der Waals surface area contributed by atoms with E-state index in [-0.39, 0.29) is 18.6 Å². The second-order valence-corrected chi connectivity index (χ2v) is 5.43. The van der Waals surface area contributed by atoms with Gasteiger partial charge >= 0.3 is 0 Å². The highest BCUT2D eigenvalue weighted by atomic mass is 32.2. The van der Waals surface area contributed by atoms with Gasteiger partial charge in [-0.2, -0.15) is 0 Å². The van der Waals surface area contributed by atoms with Crippen LogP contribution in [-0.2, 0) is 10.0 Å². The molecule has 110 valence electrons. The van der Waals surface area contributed by atoms with Crippen LogP contribution >= 0.6 is 0 Å². The Morgan fingerprint density at radius 2 is 2.05 bits per heavy atom. The molecule has 20 heavy (non-hydrogen) atoms. The fourth-order valence-corrected chi connectivity index (χ4v) is 2.25. The number of benzene rings is 1. The van der Waals surface area contributed by atoms with Gasteiger partial charge in [-0.3, -0.25) is 0 Å². The second-order valence-electron chi connectivity index (χ2n) is 3.66. The fraction of sp³-hybridized carbons (Fsp3) is 0.333. The molecule has 1 rings (SSSR count). The Bertz CT molecular complexity index is 621. The lowest BCUT2D eigenvalue weighted by Gasteiger charge is -2.06. The highest BCUT2D eigenvalue weighted by molar-refractivity contribution is 7.89. The Balaban J connectivity index is 2.95. The first-order chi connectivity index (χ1) is 9.36. The standard InChI is InChI=1S/C12H12F3NO3S/c13-11-7-10(20(18,19)16-8-12(14)15)5-4-9(11)3-1-2-6-17/h4-5,7,12,16-17H,2,6,8H2. The number of aliphatic hydroxyl groups is 1. The topological polar surface area (TPSA) is 66.4 Å². The van der Waals surface area contributed by atoms with Crippen molar-refractivity contribution in [1.82, 2.24) is 4.72 Å². The smallest absolute Gasteiger partial charge is 0.251 e. The molecule has 2 N–H and O–H groups in total. The lowest BCUT2D eigenvalue weighted by atomic mass is 10.2.